The van der Waals surface area contributed by atoms with E-state index < -0.39 is 4.92 Å². The normalized spacial score (nSPS) is 22.3. The third-order valence-corrected chi connectivity index (χ3v) is 3.62. The van der Waals surface area contributed by atoms with Crippen LogP contribution in [0.1, 0.15) is 37.7 Å². The molecule has 1 aromatic rings. The Labute approximate surface area is 124 Å². The highest BCUT2D eigenvalue weighted by atomic mass is 16.6. The number of nitro groups is 1. The molecule has 7 heteroatoms. The van der Waals surface area contributed by atoms with Crippen molar-refractivity contribution in [1.82, 2.24) is 14.8 Å². The molecular formula is C14H22N4O3. The summed E-state index contributed by atoms with van der Waals surface area (Å²) in [5.41, 5.74) is 0.382. The molecule has 21 heavy (non-hydrogen) atoms. The highest BCUT2D eigenvalue weighted by molar-refractivity contribution is 5.93. The lowest BCUT2D eigenvalue weighted by atomic mass is 10.1. The van der Waals surface area contributed by atoms with Crippen LogP contribution in [0, 0.1) is 10.1 Å². The van der Waals surface area contributed by atoms with E-state index in [0.717, 1.165) is 6.42 Å². The lowest BCUT2D eigenvalue weighted by molar-refractivity contribution is -0.384. The average Bonchev–Trinajstić information content (AvgIpc) is 2.81. The van der Waals surface area contributed by atoms with Crippen LogP contribution in [0.15, 0.2) is 12.3 Å². The first kappa shape index (κ1) is 15.5. The Balaban J connectivity index is 2.26. The molecule has 7 nitrogen and oxygen atoms in total. The maximum atomic E-state index is 12.7. The number of aromatic nitrogens is 1. The number of piperazine rings is 1. The van der Waals surface area contributed by atoms with E-state index in [-0.39, 0.29) is 23.7 Å². The molecule has 1 aromatic heterocycles. The largest absolute Gasteiger partial charge is 0.337 e. The summed E-state index contributed by atoms with van der Waals surface area (Å²) in [6.45, 7) is 7.89. The first-order chi connectivity index (χ1) is 9.92. The quantitative estimate of drug-likeness (QED) is 0.676. The van der Waals surface area contributed by atoms with Crippen molar-refractivity contribution >= 4 is 11.6 Å². The molecular weight excluding hydrogens is 272 g/mol. The van der Waals surface area contributed by atoms with Crippen molar-refractivity contribution < 1.29 is 9.72 Å². The zero-order chi connectivity index (χ0) is 15.6. The Hall–Kier alpha value is -1.89. The fourth-order valence-electron chi connectivity index (χ4n) is 2.85. The first-order valence-corrected chi connectivity index (χ1v) is 7.32. The monoisotopic (exact) mass is 294 g/mol. The van der Waals surface area contributed by atoms with E-state index >= 15 is 0 Å². The summed E-state index contributed by atoms with van der Waals surface area (Å²) in [6.07, 6.45) is 2.27. The van der Waals surface area contributed by atoms with Gasteiger partial charge in [-0.15, -0.1) is 0 Å². The molecule has 1 N–H and O–H groups in total. The van der Waals surface area contributed by atoms with Gasteiger partial charge in [-0.3, -0.25) is 14.9 Å². The van der Waals surface area contributed by atoms with Crippen LogP contribution in [0.25, 0.3) is 0 Å². The van der Waals surface area contributed by atoms with E-state index in [4.69, 9.17) is 0 Å². The zero-order valence-electron chi connectivity index (χ0n) is 12.7. The molecule has 1 aliphatic heterocycles. The lowest BCUT2D eigenvalue weighted by Gasteiger charge is -2.36. The van der Waals surface area contributed by atoms with Gasteiger partial charge in [-0.05, 0) is 20.3 Å². The Morgan fingerprint density at radius 3 is 2.57 bits per heavy atom. The SMILES string of the molecule is CCCn1cc([N+](=O)[O-])cc1C(=O)N1CC(C)NC(C)C1. The minimum absolute atomic E-state index is 0.0250. The zero-order valence-corrected chi connectivity index (χ0v) is 12.7. The molecule has 0 bridgehead atoms. The van der Waals surface area contributed by atoms with Crippen molar-refractivity contribution in [2.24, 2.45) is 0 Å². The molecule has 1 amide bonds. The van der Waals surface area contributed by atoms with E-state index in [1.807, 2.05) is 20.8 Å². The Kier molecular flexibility index (Phi) is 4.62. The number of nitrogens with one attached hydrogen (secondary N) is 1. The summed E-state index contributed by atoms with van der Waals surface area (Å²) < 4.78 is 1.69. The van der Waals surface area contributed by atoms with Crippen molar-refractivity contribution in [2.75, 3.05) is 13.1 Å². The van der Waals surface area contributed by atoms with Gasteiger partial charge in [0.2, 0.25) is 0 Å². The van der Waals surface area contributed by atoms with E-state index in [0.29, 0.717) is 25.3 Å². The molecule has 116 valence electrons. The molecule has 2 heterocycles. The van der Waals surface area contributed by atoms with Gasteiger partial charge in [-0.2, -0.15) is 0 Å². The highest BCUT2D eigenvalue weighted by Gasteiger charge is 2.28. The van der Waals surface area contributed by atoms with Gasteiger partial charge >= 0.3 is 0 Å². The molecule has 1 aliphatic rings. The van der Waals surface area contributed by atoms with Crippen molar-refractivity contribution in [1.29, 1.82) is 0 Å². The summed E-state index contributed by atoms with van der Waals surface area (Å²) in [5.74, 6) is -0.128. The topological polar surface area (TPSA) is 80.4 Å². The van der Waals surface area contributed by atoms with Gasteiger partial charge in [0.05, 0.1) is 11.1 Å². The van der Waals surface area contributed by atoms with Crippen LogP contribution in [-0.4, -0.2) is 45.5 Å². The third kappa shape index (κ3) is 3.41. The predicted molar refractivity (Wildman–Crippen MR) is 79.3 cm³/mol. The maximum absolute atomic E-state index is 12.7. The number of carbonyl (C=O) groups excluding carboxylic acids is 1. The summed E-state index contributed by atoms with van der Waals surface area (Å²) in [7, 11) is 0. The van der Waals surface area contributed by atoms with E-state index in [1.165, 1.54) is 12.3 Å². The molecule has 1 saturated heterocycles. The van der Waals surface area contributed by atoms with Gasteiger partial charge in [0, 0.05) is 37.8 Å². The summed E-state index contributed by atoms with van der Waals surface area (Å²) in [4.78, 5) is 24.9. The van der Waals surface area contributed by atoms with Crippen molar-refractivity contribution in [3.63, 3.8) is 0 Å². The van der Waals surface area contributed by atoms with Crippen LogP contribution in [0.3, 0.4) is 0 Å². The Bertz CT molecular complexity index is 530. The summed E-state index contributed by atoms with van der Waals surface area (Å²) in [5, 5.41) is 14.3. The molecule has 0 radical (unpaired) electrons. The van der Waals surface area contributed by atoms with E-state index in [2.05, 4.69) is 5.32 Å². The molecule has 0 aromatic carbocycles. The molecule has 0 saturated carbocycles. The standard InChI is InChI=1S/C14H22N4O3/c1-4-5-16-9-12(18(20)21)6-13(16)14(19)17-7-10(2)15-11(3)8-17/h6,9-11,15H,4-5,7-8H2,1-3H3. The van der Waals surface area contributed by atoms with Crippen molar-refractivity contribution in [3.05, 3.63) is 28.1 Å². The molecule has 2 rings (SSSR count). The van der Waals surface area contributed by atoms with Gasteiger partial charge in [0.25, 0.3) is 11.6 Å². The second-order valence-corrected chi connectivity index (χ2v) is 5.71. The Morgan fingerprint density at radius 1 is 1.43 bits per heavy atom. The molecule has 2 atom stereocenters. The fourth-order valence-corrected chi connectivity index (χ4v) is 2.85. The number of rotatable bonds is 4. The smallest absolute Gasteiger partial charge is 0.287 e. The average molecular weight is 294 g/mol. The number of nitrogens with zero attached hydrogens (tertiary/aromatic N) is 3. The highest BCUT2D eigenvalue weighted by Crippen LogP contribution is 2.19. The van der Waals surface area contributed by atoms with Crippen molar-refractivity contribution in [3.8, 4) is 0 Å². The van der Waals surface area contributed by atoms with E-state index in [9.17, 15) is 14.9 Å². The predicted octanol–water partition coefficient (Wildman–Crippen LogP) is 1.63. The molecule has 1 fully saturated rings. The minimum Gasteiger partial charge on any atom is -0.337 e. The van der Waals surface area contributed by atoms with Crippen LogP contribution in [0.2, 0.25) is 0 Å². The van der Waals surface area contributed by atoms with Crippen molar-refractivity contribution in [2.45, 2.75) is 45.8 Å². The van der Waals surface area contributed by atoms with E-state index in [1.54, 1.807) is 9.47 Å². The first-order valence-electron chi connectivity index (χ1n) is 7.32. The van der Waals surface area contributed by atoms with Gasteiger partial charge in [0.1, 0.15) is 5.69 Å². The third-order valence-electron chi connectivity index (χ3n) is 3.62. The van der Waals surface area contributed by atoms with Crippen LogP contribution in [0.4, 0.5) is 5.69 Å². The molecule has 0 aliphatic carbocycles. The summed E-state index contributed by atoms with van der Waals surface area (Å²) in [6, 6.07) is 1.83. The maximum Gasteiger partial charge on any atom is 0.287 e. The second-order valence-electron chi connectivity index (χ2n) is 5.71. The number of carbonyl (C=O) groups is 1. The van der Waals surface area contributed by atoms with Crippen LogP contribution in [-0.2, 0) is 6.54 Å². The van der Waals surface area contributed by atoms with Gasteiger partial charge in [0.15, 0.2) is 0 Å². The molecule has 0 spiro atoms. The van der Waals surface area contributed by atoms with Crippen LogP contribution >= 0.6 is 0 Å². The number of aryl methyl sites for hydroxylation is 1. The van der Waals surface area contributed by atoms with Crippen LogP contribution < -0.4 is 5.32 Å². The number of hydrogen-bond donors (Lipinski definition) is 1. The Morgan fingerprint density at radius 2 is 2.05 bits per heavy atom. The summed E-state index contributed by atoms with van der Waals surface area (Å²) >= 11 is 0. The number of hydrogen-bond acceptors (Lipinski definition) is 4. The van der Waals surface area contributed by atoms with Gasteiger partial charge in [-0.1, -0.05) is 6.92 Å². The second kappa shape index (κ2) is 6.26. The minimum atomic E-state index is -0.452. The lowest BCUT2D eigenvalue weighted by Crippen LogP contribution is -2.56. The van der Waals surface area contributed by atoms with Gasteiger partial charge < -0.3 is 14.8 Å². The number of amides is 1. The van der Waals surface area contributed by atoms with Crippen LogP contribution in [0.5, 0.6) is 0 Å². The van der Waals surface area contributed by atoms with Gasteiger partial charge in [-0.25, -0.2) is 0 Å². The fraction of sp³-hybridized carbons (Fsp3) is 0.643. The molecule has 2 unspecified atom stereocenters.